The summed E-state index contributed by atoms with van der Waals surface area (Å²) in [5.74, 6) is 0.283. The summed E-state index contributed by atoms with van der Waals surface area (Å²) in [5.41, 5.74) is 0. The largest absolute Gasteiger partial charge is 0.396 e. The third-order valence-electron chi connectivity index (χ3n) is 2.68. The van der Waals surface area contributed by atoms with Crippen molar-refractivity contribution in [3.05, 3.63) is 11.1 Å². The molecule has 18 heavy (non-hydrogen) atoms. The highest BCUT2D eigenvalue weighted by molar-refractivity contribution is 7.15. The highest BCUT2D eigenvalue weighted by Gasteiger charge is 2.16. The summed E-state index contributed by atoms with van der Waals surface area (Å²) in [7, 11) is 0. The predicted octanol–water partition coefficient (Wildman–Crippen LogP) is 2.23. The maximum Gasteiger partial charge on any atom is 0.321 e. The first-order valence-corrected chi connectivity index (χ1v) is 7.01. The van der Waals surface area contributed by atoms with Crippen molar-refractivity contribution >= 4 is 22.5 Å². The number of hydrogen-bond acceptors (Lipinski definition) is 4. The van der Waals surface area contributed by atoms with Crippen molar-refractivity contribution in [1.82, 2.24) is 10.3 Å². The number of aliphatic hydroxyl groups is 1. The van der Waals surface area contributed by atoms with Crippen LogP contribution in [0, 0.1) is 5.92 Å². The Bertz CT molecular complexity index is 379. The first-order valence-electron chi connectivity index (χ1n) is 6.19. The number of anilines is 1. The molecule has 3 N–H and O–H groups in total. The van der Waals surface area contributed by atoms with Crippen molar-refractivity contribution in [1.29, 1.82) is 0 Å². The standard InChI is InChI=1S/C12H21N3O2S/c1-4-9-7-13-12(18-9)15-11(17)14-10(5-6-16)8(2)3/h7-8,10,16H,4-6H2,1-3H3,(H2,13,14,15,17). The van der Waals surface area contributed by atoms with Gasteiger partial charge in [-0.05, 0) is 18.8 Å². The molecule has 2 amide bonds. The summed E-state index contributed by atoms with van der Waals surface area (Å²) in [6.07, 6.45) is 3.25. The molecular weight excluding hydrogens is 250 g/mol. The van der Waals surface area contributed by atoms with Gasteiger partial charge >= 0.3 is 6.03 Å². The SMILES string of the molecule is CCc1cnc(NC(=O)NC(CCO)C(C)C)s1. The lowest BCUT2D eigenvalue weighted by Gasteiger charge is -2.21. The molecule has 1 unspecified atom stereocenters. The topological polar surface area (TPSA) is 74.2 Å². The van der Waals surface area contributed by atoms with Gasteiger partial charge < -0.3 is 10.4 Å². The van der Waals surface area contributed by atoms with Gasteiger partial charge in [0.25, 0.3) is 0 Å². The average molecular weight is 271 g/mol. The zero-order chi connectivity index (χ0) is 13.5. The van der Waals surface area contributed by atoms with Crippen molar-refractivity contribution in [3.63, 3.8) is 0 Å². The minimum atomic E-state index is -0.265. The summed E-state index contributed by atoms with van der Waals surface area (Å²) in [4.78, 5) is 17.0. The van der Waals surface area contributed by atoms with Crippen molar-refractivity contribution in [2.75, 3.05) is 11.9 Å². The number of hydrogen-bond donors (Lipinski definition) is 3. The normalized spacial score (nSPS) is 12.5. The molecule has 0 aromatic carbocycles. The van der Waals surface area contributed by atoms with Gasteiger partial charge in [0.1, 0.15) is 0 Å². The van der Waals surface area contributed by atoms with E-state index in [0.717, 1.165) is 11.3 Å². The van der Waals surface area contributed by atoms with Gasteiger partial charge in [-0.3, -0.25) is 5.32 Å². The maximum atomic E-state index is 11.8. The number of nitrogens with zero attached hydrogens (tertiary/aromatic N) is 1. The Morgan fingerprint density at radius 3 is 2.78 bits per heavy atom. The van der Waals surface area contributed by atoms with Gasteiger partial charge in [-0.15, -0.1) is 11.3 Å². The maximum absolute atomic E-state index is 11.8. The Morgan fingerprint density at radius 1 is 1.56 bits per heavy atom. The van der Waals surface area contributed by atoms with E-state index in [9.17, 15) is 4.79 Å². The average Bonchev–Trinajstić information content (AvgIpc) is 2.76. The number of urea groups is 1. The fraction of sp³-hybridized carbons (Fsp3) is 0.667. The molecule has 0 saturated carbocycles. The lowest BCUT2D eigenvalue weighted by atomic mass is 10.0. The highest BCUT2D eigenvalue weighted by Crippen LogP contribution is 2.18. The monoisotopic (exact) mass is 271 g/mol. The number of nitrogens with one attached hydrogen (secondary N) is 2. The van der Waals surface area contributed by atoms with Gasteiger partial charge in [0.15, 0.2) is 5.13 Å². The third-order valence-corrected chi connectivity index (χ3v) is 3.74. The van der Waals surface area contributed by atoms with Crippen LogP contribution < -0.4 is 10.6 Å². The number of thiazole rings is 1. The lowest BCUT2D eigenvalue weighted by molar-refractivity contribution is 0.227. The van der Waals surface area contributed by atoms with E-state index in [1.165, 1.54) is 11.3 Å². The van der Waals surface area contributed by atoms with E-state index < -0.39 is 0 Å². The number of aryl methyl sites for hydroxylation is 1. The van der Waals surface area contributed by atoms with Crippen LogP contribution in [0.4, 0.5) is 9.93 Å². The van der Waals surface area contributed by atoms with E-state index in [2.05, 4.69) is 15.6 Å². The van der Waals surface area contributed by atoms with Gasteiger partial charge in [0, 0.05) is 23.7 Å². The van der Waals surface area contributed by atoms with Gasteiger partial charge in [-0.25, -0.2) is 9.78 Å². The first-order chi connectivity index (χ1) is 8.56. The van der Waals surface area contributed by atoms with E-state index in [1.54, 1.807) is 6.20 Å². The zero-order valence-corrected chi connectivity index (χ0v) is 11.9. The van der Waals surface area contributed by atoms with Gasteiger partial charge in [0.05, 0.1) is 0 Å². The molecule has 0 bridgehead atoms. The Labute approximate surface area is 112 Å². The third kappa shape index (κ3) is 4.62. The lowest BCUT2D eigenvalue weighted by Crippen LogP contribution is -2.41. The number of amides is 2. The Hall–Kier alpha value is -1.14. The van der Waals surface area contributed by atoms with E-state index >= 15 is 0 Å². The molecule has 5 nitrogen and oxygen atoms in total. The predicted molar refractivity (Wildman–Crippen MR) is 74.0 cm³/mol. The molecule has 0 aliphatic heterocycles. The summed E-state index contributed by atoms with van der Waals surface area (Å²) >= 11 is 1.48. The molecule has 0 aliphatic rings. The first kappa shape index (κ1) is 14.9. The molecule has 1 heterocycles. The zero-order valence-electron chi connectivity index (χ0n) is 11.1. The Morgan fingerprint density at radius 2 is 2.28 bits per heavy atom. The fourth-order valence-electron chi connectivity index (χ4n) is 1.54. The molecule has 102 valence electrons. The number of aliphatic hydroxyl groups excluding tert-OH is 1. The second-order valence-electron chi connectivity index (χ2n) is 4.45. The molecule has 0 fully saturated rings. The van der Waals surface area contributed by atoms with Gasteiger partial charge in [-0.1, -0.05) is 20.8 Å². The molecule has 1 atom stereocenters. The second kappa shape index (κ2) is 7.33. The van der Waals surface area contributed by atoms with Gasteiger partial charge in [-0.2, -0.15) is 0 Å². The van der Waals surface area contributed by atoms with Crippen LogP contribution in [-0.4, -0.2) is 28.8 Å². The van der Waals surface area contributed by atoms with E-state index in [1.807, 2.05) is 20.8 Å². The number of aromatic nitrogens is 1. The van der Waals surface area contributed by atoms with Gasteiger partial charge in [0.2, 0.25) is 0 Å². The second-order valence-corrected chi connectivity index (χ2v) is 5.56. The molecule has 0 saturated heterocycles. The summed E-state index contributed by atoms with van der Waals surface area (Å²) in [6.45, 7) is 6.14. The van der Waals surface area contributed by atoms with Crippen LogP contribution in [0.25, 0.3) is 0 Å². The van der Waals surface area contributed by atoms with Crippen molar-refractivity contribution in [2.45, 2.75) is 39.7 Å². The molecule has 6 heteroatoms. The van der Waals surface area contributed by atoms with Crippen LogP contribution in [0.5, 0.6) is 0 Å². The van der Waals surface area contributed by atoms with Crippen molar-refractivity contribution in [2.24, 2.45) is 5.92 Å². The molecule has 0 spiro atoms. The fourth-order valence-corrected chi connectivity index (χ4v) is 2.29. The van der Waals surface area contributed by atoms with Crippen molar-refractivity contribution in [3.8, 4) is 0 Å². The molecule has 1 rings (SSSR count). The Kier molecular flexibility index (Phi) is 6.07. The number of carbonyl (C=O) groups excluding carboxylic acids is 1. The Balaban J connectivity index is 2.49. The van der Waals surface area contributed by atoms with E-state index in [0.29, 0.717) is 11.6 Å². The van der Waals surface area contributed by atoms with Crippen molar-refractivity contribution < 1.29 is 9.90 Å². The quantitative estimate of drug-likeness (QED) is 0.743. The molecule has 1 aromatic rings. The minimum absolute atomic E-state index is 0.0272. The number of carbonyl (C=O) groups is 1. The van der Waals surface area contributed by atoms with Crippen LogP contribution in [0.3, 0.4) is 0 Å². The summed E-state index contributed by atoms with van der Waals surface area (Å²) in [6, 6.07) is -0.292. The molecule has 0 radical (unpaired) electrons. The highest BCUT2D eigenvalue weighted by atomic mass is 32.1. The molecular formula is C12H21N3O2S. The van der Waals surface area contributed by atoms with Crippen LogP contribution >= 0.6 is 11.3 Å². The number of rotatable bonds is 6. The van der Waals surface area contributed by atoms with Crippen LogP contribution in [0.15, 0.2) is 6.20 Å². The molecule has 0 aliphatic carbocycles. The summed E-state index contributed by atoms with van der Waals surface area (Å²) in [5, 5.41) is 15.1. The summed E-state index contributed by atoms with van der Waals surface area (Å²) < 4.78 is 0. The molecule has 1 aromatic heterocycles. The smallest absolute Gasteiger partial charge is 0.321 e. The van der Waals surface area contributed by atoms with Crippen LogP contribution in [-0.2, 0) is 6.42 Å². The van der Waals surface area contributed by atoms with E-state index in [4.69, 9.17) is 5.11 Å². The van der Waals surface area contributed by atoms with Crippen LogP contribution in [0.1, 0.15) is 32.1 Å². The minimum Gasteiger partial charge on any atom is -0.396 e. The van der Waals surface area contributed by atoms with E-state index in [-0.39, 0.29) is 24.6 Å². The van der Waals surface area contributed by atoms with Crippen LogP contribution in [0.2, 0.25) is 0 Å².